The van der Waals surface area contributed by atoms with Crippen molar-refractivity contribution in [3.8, 4) is 0 Å². The Morgan fingerprint density at radius 1 is 1.43 bits per heavy atom. The number of rotatable bonds is 7. The van der Waals surface area contributed by atoms with Crippen LogP contribution in [-0.2, 0) is 16.0 Å². The van der Waals surface area contributed by atoms with Gasteiger partial charge in [-0.1, -0.05) is 20.8 Å². The number of carbonyl (C=O) groups is 2. The Hall–Kier alpha value is -1.82. The number of carboxylic acids is 1. The van der Waals surface area contributed by atoms with Crippen LogP contribution in [0.4, 0.5) is 0 Å². The van der Waals surface area contributed by atoms with Crippen LogP contribution in [0.2, 0.25) is 0 Å². The first-order valence-electron chi connectivity index (χ1n) is 8.04. The molecule has 1 fully saturated rings. The zero-order valence-corrected chi connectivity index (χ0v) is 14.1. The maximum absolute atomic E-state index is 12.6. The average Bonchev–Trinajstić information content (AvgIpc) is 2.94. The van der Waals surface area contributed by atoms with Crippen molar-refractivity contribution >= 4 is 11.9 Å². The van der Waals surface area contributed by atoms with Crippen LogP contribution in [0, 0.1) is 5.41 Å². The van der Waals surface area contributed by atoms with Crippen molar-refractivity contribution < 1.29 is 23.8 Å². The minimum absolute atomic E-state index is 0.191. The highest BCUT2D eigenvalue weighted by Crippen LogP contribution is 2.51. The van der Waals surface area contributed by atoms with Gasteiger partial charge in [0.1, 0.15) is 11.3 Å². The molecule has 2 atom stereocenters. The van der Waals surface area contributed by atoms with Gasteiger partial charge >= 0.3 is 5.97 Å². The van der Waals surface area contributed by atoms with Crippen molar-refractivity contribution in [2.24, 2.45) is 5.41 Å². The lowest BCUT2D eigenvalue weighted by molar-refractivity contribution is -0.190. The molecule has 0 bridgehead atoms. The lowest BCUT2D eigenvalue weighted by Crippen LogP contribution is -2.76. The molecule has 2 N–H and O–H groups in total. The Kier molecular flexibility index (Phi) is 4.84. The molecule has 128 valence electrons. The summed E-state index contributed by atoms with van der Waals surface area (Å²) in [4.78, 5) is 24.5. The second-order valence-corrected chi connectivity index (χ2v) is 6.54. The highest BCUT2D eigenvalue weighted by atomic mass is 16.5. The molecular weight excluding hydrogens is 298 g/mol. The third kappa shape index (κ3) is 2.76. The predicted octanol–water partition coefficient (Wildman–Crippen LogP) is 2.62. The zero-order chi connectivity index (χ0) is 17.3. The van der Waals surface area contributed by atoms with Gasteiger partial charge in [0.25, 0.3) is 5.91 Å². The first kappa shape index (κ1) is 17.5. The summed E-state index contributed by atoms with van der Waals surface area (Å²) in [7, 11) is 0. The number of carboxylic acid groups (broad SMARTS) is 1. The highest BCUT2D eigenvalue weighted by Gasteiger charge is 2.66. The van der Waals surface area contributed by atoms with Crippen LogP contribution in [0.3, 0.4) is 0 Å². The van der Waals surface area contributed by atoms with Gasteiger partial charge in [0.2, 0.25) is 0 Å². The fraction of sp³-hybridized carbons (Fsp3) is 0.647. The van der Waals surface area contributed by atoms with Crippen LogP contribution in [0.1, 0.15) is 56.7 Å². The number of carbonyl (C=O) groups excluding carboxylic acids is 1. The smallest absolute Gasteiger partial charge is 0.330 e. The molecule has 6 heteroatoms. The zero-order valence-electron chi connectivity index (χ0n) is 14.1. The van der Waals surface area contributed by atoms with Crippen molar-refractivity contribution in [3.63, 3.8) is 0 Å². The van der Waals surface area contributed by atoms with E-state index in [9.17, 15) is 14.7 Å². The fourth-order valence-corrected chi connectivity index (χ4v) is 3.26. The van der Waals surface area contributed by atoms with Crippen molar-refractivity contribution in [1.82, 2.24) is 5.32 Å². The molecular formula is C17H25NO5. The van der Waals surface area contributed by atoms with Crippen molar-refractivity contribution in [2.75, 3.05) is 6.61 Å². The van der Waals surface area contributed by atoms with Crippen molar-refractivity contribution in [3.05, 3.63) is 23.7 Å². The lowest BCUT2D eigenvalue weighted by atomic mass is 9.54. The van der Waals surface area contributed by atoms with Gasteiger partial charge in [0.15, 0.2) is 0 Å². The van der Waals surface area contributed by atoms with Gasteiger partial charge in [-0.15, -0.1) is 0 Å². The molecule has 1 aliphatic carbocycles. The van der Waals surface area contributed by atoms with Crippen LogP contribution in [0.5, 0.6) is 0 Å². The van der Waals surface area contributed by atoms with Gasteiger partial charge in [0, 0.05) is 24.9 Å². The second-order valence-electron chi connectivity index (χ2n) is 6.54. The Bertz CT molecular complexity index is 592. The SMILES string of the molecule is CCCc1occc1C(=O)NC1(C(=O)O)CC(OCC)C1(C)C. The summed E-state index contributed by atoms with van der Waals surface area (Å²) < 4.78 is 10.9. The standard InChI is InChI=1S/C17H25NO5/c1-5-7-12-11(8-9-23-12)14(19)18-17(15(20)21)10-13(22-6-2)16(17,3)4/h8-9,13H,5-7,10H2,1-4H3,(H,18,19)(H,20,21). The van der Waals surface area contributed by atoms with Crippen LogP contribution in [-0.4, -0.2) is 35.2 Å². The van der Waals surface area contributed by atoms with E-state index < -0.39 is 22.8 Å². The van der Waals surface area contributed by atoms with E-state index in [0.717, 1.165) is 6.42 Å². The van der Waals surface area contributed by atoms with E-state index in [0.29, 0.717) is 24.4 Å². The molecule has 1 heterocycles. The first-order chi connectivity index (χ1) is 10.8. The summed E-state index contributed by atoms with van der Waals surface area (Å²) in [5.74, 6) is -0.857. The van der Waals surface area contributed by atoms with Gasteiger partial charge in [-0.2, -0.15) is 0 Å². The third-order valence-electron chi connectivity index (χ3n) is 4.92. The molecule has 0 aromatic carbocycles. The minimum Gasteiger partial charge on any atom is -0.479 e. The molecule has 2 rings (SSSR count). The molecule has 0 radical (unpaired) electrons. The summed E-state index contributed by atoms with van der Waals surface area (Å²) >= 11 is 0. The van der Waals surface area contributed by atoms with Gasteiger partial charge in [-0.25, -0.2) is 4.79 Å². The molecule has 0 saturated heterocycles. The molecule has 2 unspecified atom stereocenters. The van der Waals surface area contributed by atoms with E-state index >= 15 is 0 Å². The number of nitrogens with one attached hydrogen (secondary N) is 1. The molecule has 1 aliphatic rings. The summed E-state index contributed by atoms with van der Waals surface area (Å²) in [5, 5.41) is 12.5. The van der Waals surface area contributed by atoms with Crippen LogP contribution in [0.15, 0.2) is 16.7 Å². The summed E-state index contributed by atoms with van der Waals surface area (Å²) in [6, 6.07) is 1.58. The number of ether oxygens (including phenoxy) is 1. The molecule has 1 aromatic heterocycles. The molecule has 1 amide bonds. The normalized spacial score (nSPS) is 25.7. The van der Waals surface area contributed by atoms with E-state index in [-0.39, 0.29) is 12.5 Å². The largest absolute Gasteiger partial charge is 0.479 e. The molecule has 0 aliphatic heterocycles. The van der Waals surface area contributed by atoms with Crippen molar-refractivity contribution in [2.45, 2.75) is 58.6 Å². The van der Waals surface area contributed by atoms with Gasteiger partial charge in [0.05, 0.1) is 17.9 Å². The predicted molar refractivity (Wildman–Crippen MR) is 84.3 cm³/mol. The quantitative estimate of drug-likeness (QED) is 0.805. The Labute approximate surface area is 136 Å². The van der Waals surface area contributed by atoms with Crippen LogP contribution >= 0.6 is 0 Å². The van der Waals surface area contributed by atoms with Crippen LogP contribution in [0.25, 0.3) is 0 Å². The fourth-order valence-electron chi connectivity index (χ4n) is 3.26. The Balaban J connectivity index is 2.23. The third-order valence-corrected chi connectivity index (χ3v) is 4.92. The minimum atomic E-state index is -1.33. The van der Waals surface area contributed by atoms with Crippen molar-refractivity contribution in [1.29, 1.82) is 0 Å². The summed E-state index contributed by atoms with van der Waals surface area (Å²) in [6.07, 6.45) is 3.01. The second kappa shape index (κ2) is 6.35. The number of aliphatic carboxylic acids is 1. The van der Waals surface area contributed by atoms with Gasteiger partial charge in [-0.05, 0) is 19.4 Å². The Morgan fingerprint density at radius 2 is 2.13 bits per heavy atom. The van der Waals surface area contributed by atoms with Crippen LogP contribution < -0.4 is 5.32 Å². The number of amides is 1. The number of hydrogen-bond donors (Lipinski definition) is 2. The average molecular weight is 323 g/mol. The first-order valence-corrected chi connectivity index (χ1v) is 8.04. The topological polar surface area (TPSA) is 88.8 Å². The summed E-state index contributed by atoms with van der Waals surface area (Å²) in [6.45, 7) is 8.00. The van der Waals surface area contributed by atoms with E-state index in [4.69, 9.17) is 9.15 Å². The maximum atomic E-state index is 12.6. The highest BCUT2D eigenvalue weighted by molar-refractivity contribution is 5.99. The van der Waals surface area contributed by atoms with Gasteiger partial charge in [-0.3, -0.25) is 4.79 Å². The number of aryl methyl sites for hydroxylation is 1. The molecule has 1 aromatic rings. The number of furan rings is 1. The van der Waals surface area contributed by atoms with E-state index in [1.54, 1.807) is 6.07 Å². The van der Waals surface area contributed by atoms with E-state index in [2.05, 4.69) is 5.32 Å². The lowest BCUT2D eigenvalue weighted by Gasteiger charge is -2.58. The number of hydrogen-bond acceptors (Lipinski definition) is 4. The maximum Gasteiger partial charge on any atom is 0.330 e. The van der Waals surface area contributed by atoms with E-state index in [1.807, 2.05) is 27.7 Å². The molecule has 6 nitrogen and oxygen atoms in total. The molecule has 1 saturated carbocycles. The summed E-state index contributed by atoms with van der Waals surface area (Å²) in [5.41, 5.74) is -1.62. The monoisotopic (exact) mass is 323 g/mol. The molecule has 23 heavy (non-hydrogen) atoms. The Morgan fingerprint density at radius 3 is 2.65 bits per heavy atom. The van der Waals surface area contributed by atoms with Gasteiger partial charge < -0.3 is 19.6 Å². The molecule has 0 spiro atoms. The van der Waals surface area contributed by atoms with E-state index in [1.165, 1.54) is 6.26 Å².